The van der Waals surface area contributed by atoms with Gasteiger partial charge >= 0.3 is 0 Å². The van der Waals surface area contributed by atoms with E-state index in [2.05, 4.69) is 14.9 Å². The van der Waals surface area contributed by atoms with Crippen molar-refractivity contribution in [1.82, 2.24) is 19.8 Å². The smallest absolute Gasteiger partial charge is 0.276 e. The molecule has 8 heteroatoms. The molecule has 4 rings (SSSR count). The zero-order valence-electron chi connectivity index (χ0n) is 14.8. The second kappa shape index (κ2) is 7.72. The maximum absolute atomic E-state index is 14.6. The lowest BCUT2D eigenvalue weighted by Crippen LogP contribution is -2.47. The third-order valence-electron chi connectivity index (χ3n) is 5.18. The number of nitrogens with one attached hydrogen (secondary N) is 1. The Morgan fingerprint density at radius 1 is 1.19 bits per heavy atom. The molecule has 6 nitrogen and oxygen atoms in total. The standard InChI is InChI=1S/C19H21FN4O2S/c20-15-8-4-3-7-14(15)17(18(25)21-12-5-1-2-6-12)24(13-9-10-13)19(26)16-11-27-23-22-16/h3-4,7-8,11-13,17H,1-2,5-6,9-10H2,(H,21,25)/t17-/m1/s1. The maximum atomic E-state index is 14.6. The third-order valence-corrected chi connectivity index (χ3v) is 5.69. The molecule has 0 saturated heterocycles. The van der Waals surface area contributed by atoms with Gasteiger partial charge in [0.2, 0.25) is 5.91 Å². The van der Waals surface area contributed by atoms with Crippen LogP contribution in [-0.4, -0.2) is 38.4 Å². The lowest BCUT2D eigenvalue weighted by molar-refractivity contribution is -0.127. The minimum Gasteiger partial charge on any atom is -0.351 e. The molecular weight excluding hydrogens is 367 g/mol. The van der Waals surface area contributed by atoms with Crippen molar-refractivity contribution in [3.63, 3.8) is 0 Å². The van der Waals surface area contributed by atoms with E-state index in [4.69, 9.17) is 0 Å². The van der Waals surface area contributed by atoms with E-state index in [1.165, 1.54) is 11.0 Å². The van der Waals surface area contributed by atoms with Crippen LogP contribution in [0.1, 0.15) is 60.6 Å². The number of halogens is 1. The normalized spacial score (nSPS) is 18.3. The number of aromatic nitrogens is 2. The number of carbonyl (C=O) groups excluding carboxylic acids is 2. The van der Waals surface area contributed by atoms with Crippen LogP contribution in [0.5, 0.6) is 0 Å². The van der Waals surface area contributed by atoms with Gasteiger partial charge in [-0.15, -0.1) is 5.10 Å². The molecule has 2 fully saturated rings. The summed E-state index contributed by atoms with van der Waals surface area (Å²) in [6, 6.07) is 5.17. The zero-order valence-corrected chi connectivity index (χ0v) is 15.6. The van der Waals surface area contributed by atoms with Crippen molar-refractivity contribution >= 4 is 23.3 Å². The molecule has 1 atom stereocenters. The molecule has 2 aliphatic carbocycles. The maximum Gasteiger partial charge on any atom is 0.276 e. The van der Waals surface area contributed by atoms with E-state index in [9.17, 15) is 14.0 Å². The predicted octanol–water partition coefficient (Wildman–Crippen LogP) is 3.08. The van der Waals surface area contributed by atoms with Gasteiger partial charge in [0.15, 0.2) is 5.69 Å². The van der Waals surface area contributed by atoms with Crippen molar-refractivity contribution in [2.45, 2.75) is 56.7 Å². The molecule has 27 heavy (non-hydrogen) atoms. The summed E-state index contributed by atoms with van der Waals surface area (Å²) in [6.45, 7) is 0. The van der Waals surface area contributed by atoms with E-state index in [1.54, 1.807) is 23.6 Å². The molecule has 1 aromatic heterocycles. The number of amides is 2. The SMILES string of the molecule is O=C(NC1CCCC1)[C@@H](c1ccccc1F)N(C(=O)c1csnn1)C1CC1. The van der Waals surface area contributed by atoms with E-state index < -0.39 is 11.9 Å². The van der Waals surface area contributed by atoms with Crippen LogP contribution in [0.15, 0.2) is 29.6 Å². The second-order valence-corrected chi connectivity index (χ2v) is 7.76. The average molecular weight is 388 g/mol. The molecule has 0 bridgehead atoms. The molecule has 0 aliphatic heterocycles. The number of benzene rings is 1. The molecule has 142 valence electrons. The first-order valence-electron chi connectivity index (χ1n) is 9.29. The molecule has 0 unspecified atom stereocenters. The van der Waals surface area contributed by atoms with Gasteiger partial charge in [0.1, 0.15) is 11.9 Å². The highest BCUT2D eigenvalue weighted by Crippen LogP contribution is 2.37. The highest BCUT2D eigenvalue weighted by molar-refractivity contribution is 7.03. The molecule has 0 spiro atoms. The van der Waals surface area contributed by atoms with Crippen LogP contribution in [0.25, 0.3) is 0 Å². The Morgan fingerprint density at radius 2 is 1.93 bits per heavy atom. The molecule has 1 heterocycles. The van der Waals surface area contributed by atoms with Crippen LogP contribution in [0.4, 0.5) is 4.39 Å². The minimum atomic E-state index is -1.01. The fraction of sp³-hybridized carbons (Fsp3) is 0.474. The summed E-state index contributed by atoms with van der Waals surface area (Å²) in [5.41, 5.74) is 0.415. The number of hydrogen-bond acceptors (Lipinski definition) is 5. The lowest BCUT2D eigenvalue weighted by Gasteiger charge is -2.32. The summed E-state index contributed by atoms with van der Waals surface area (Å²) in [5.74, 6) is -1.18. The summed E-state index contributed by atoms with van der Waals surface area (Å²) in [7, 11) is 0. The summed E-state index contributed by atoms with van der Waals surface area (Å²) in [6.07, 6.45) is 5.58. The highest BCUT2D eigenvalue weighted by Gasteiger charge is 2.43. The number of carbonyl (C=O) groups is 2. The minimum absolute atomic E-state index is 0.0851. The van der Waals surface area contributed by atoms with Gasteiger partial charge < -0.3 is 10.2 Å². The highest BCUT2D eigenvalue weighted by atomic mass is 32.1. The van der Waals surface area contributed by atoms with Crippen molar-refractivity contribution in [2.24, 2.45) is 0 Å². The first-order chi connectivity index (χ1) is 13.1. The van der Waals surface area contributed by atoms with E-state index in [0.29, 0.717) is 0 Å². The predicted molar refractivity (Wildman–Crippen MR) is 98.6 cm³/mol. The van der Waals surface area contributed by atoms with Gasteiger partial charge in [-0.2, -0.15) is 0 Å². The van der Waals surface area contributed by atoms with Crippen LogP contribution in [0, 0.1) is 5.82 Å². The molecule has 2 aliphatic rings. The Kier molecular flexibility index (Phi) is 5.15. The van der Waals surface area contributed by atoms with Crippen LogP contribution in [0.2, 0.25) is 0 Å². The number of nitrogens with zero attached hydrogens (tertiary/aromatic N) is 3. The van der Waals surface area contributed by atoms with Gasteiger partial charge in [-0.3, -0.25) is 9.59 Å². The number of rotatable bonds is 6. The summed E-state index contributed by atoms with van der Waals surface area (Å²) >= 11 is 1.08. The van der Waals surface area contributed by atoms with Crippen LogP contribution in [0.3, 0.4) is 0 Å². The Bertz CT molecular complexity index is 819. The Labute approximate surface area is 160 Å². The van der Waals surface area contributed by atoms with E-state index >= 15 is 0 Å². The van der Waals surface area contributed by atoms with Gasteiger partial charge in [0.25, 0.3) is 5.91 Å². The van der Waals surface area contributed by atoms with Crippen LogP contribution < -0.4 is 5.32 Å². The van der Waals surface area contributed by atoms with Gasteiger partial charge in [-0.1, -0.05) is 35.5 Å². The topological polar surface area (TPSA) is 75.2 Å². The van der Waals surface area contributed by atoms with Crippen LogP contribution >= 0.6 is 11.5 Å². The first kappa shape index (κ1) is 18.0. The second-order valence-electron chi connectivity index (χ2n) is 7.15. The van der Waals surface area contributed by atoms with Crippen molar-refractivity contribution in [2.75, 3.05) is 0 Å². The molecule has 2 saturated carbocycles. The Morgan fingerprint density at radius 3 is 2.56 bits per heavy atom. The Hall–Kier alpha value is -2.35. The fourth-order valence-electron chi connectivity index (χ4n) is 3.70. The summed E-state index contributed by atoms with van der Waals surface area (Å²) in [4.78, 5) is 27.8. The van der Waals surface area contributed by atoms with E-state index in [0.717, 1.165) is 50.1 Å². The van der Waals surface area contributed by atoms with Gasteiger partial charge in [-0.25, -0.2) is 4.39 Å². The average Bonchev–Trinajstić information content (AvgIpc) is 3.11. The van der Waals surface area contributed by atoms with Crippen molar-refractivity contribution in [1.29, 1.82) is 0 Å². The van der Waals surface area contributed by atoms with Crippen molar-refractivity contribution in [3.05, 3.63) is 46.7 Å². The van der Waals surface area contributed by atoms with E-state index in [-0.39, 0.29) is 35.2 Å². The first-order valence-corrected chi connectivity index (χ1v) is 10.1. The largest absolute Gasteiger partial charge is 0.351 e. The van der Waals surface area contributed by atoms with Gasteiger partial charge in [-0.05, 0) is 43.3 Å². The van der Waals surface area contributed by atoms with Gasteiger partial charge in [0.05, 0.1) is 0 Å². The lowest BCUT2D eigenvalue weighted by atomic mass is 10.0. The summed E-state index contributed by atoms with van der Waals surface area (Å²) < 4.78 is 18.4. The molecule has 0 radical (unpaired) electrons. The zero-order chi connectivity index (χ0) is 18.8. The van der Waals surface area contributed by atoms with Crippen LogP contribution in [-0.2, 0) is 4.79 Å². The fourth-order valence-corrected chi connectivity index (χ4v) is 4.13. The van der Waals surface area contributed by atoms with E-state index in [1.807, 2.05) is 0 Å². The molecule has 1 aromatic carbocycles. The van der Waals surface area contributed by atoms with Crippen molar-refractivity contribution < 1.29 is 14.0 Å². The van der Waals surface area contributed by atoms with Gasteiger partial charge in [0, 0.05) is 23.0 Å². The molecular formula is C19H21FN4O2S. The monoisotopic (exact) mass is 388 g/mol. The third kappa shape index (κ3) is 3.85. The Balaban J connectivity index is 1.70. The quantitative estimate of drug-likeness (QED) is 0.825. The van der Waals surface area contributed by atoms with Crippen molar-refractivity contribution in [3.8, 4) is 0 Å². The molecule has 1 N–H and O–H groups in total. The molecule has 2 amide bonds. The summed E-state index contributed by atoms with van der Waals surface area (Å²) in [5, 5.41) is 8.46. The number of hydrogen-bond donors (Lipinski definition) is 1. The molecule has 2 aromatic rings.